The molecule has 0 aromatic rings. The van der Waals surface area contributed by atoms with E-state index in [0.29, 0.717) is 0 Å². The average Bonchev–Trinajstić information content (AvgIpc) is 2.01. The maximum absolute atomic E-state index is 5.67. The zero-order chi connectivity index (χ0) is 10.8. The van der Waals surface area contributed by atoms with E-state index in [-0.39, 0.29) is 11.1 Å². The molecule has 1 rings (SSSR count). The lowest BCUT2D eigenvalue weighted by atomic mass is 9.87. The lowest BCUT2D eigenvalue weighted by Gasteiger charge is -2.42. The summed E-state index contributed by atoms with van der Waals surface area (Å²) in [5, 5.41) is 3.57. The number of hydrogen-bond acceptors (Lipinski definition) is 2. The summed E-state index contributed by atoms with van der Waals surface area (Å²) in [6.07, 6.45) is 7.94. The first-order valence-corrected chi connectivity index (χ1v) is 5.33. The summed E-state index contributed by atoms with van der Waals surface area (Å²) >= 11 is 0. The van der Waals surface area contributed by atoms with Gasteiger partial charge in [0.25, 0.3) is 0 Å². The molecular formula is C12H22N2. The summed E-state index contributed by atoms with van der Waals surface area (Å²) < 4.78 is 0. The maximum atomic E-state index is 5.67. The molecule has 1 heterocycles. The zero-order valence-electron chi connectivity index (χ0n) is 9.85. The van der Waals surface area contributed by atoms with Gasteiger partial charge in [0, 0.05) is 12.1 Å². The molecule has 0 aliphatic carbocycles. The summed E-state index contributed by atoms with van der Waals surface area (Å²) in [7, 11) is 2.13. The van der Waals surface area contributed by atoms with Crippen LogP contribution in [0.15, 0.2) is 0 Å². The summed E-state index contributed by atoms with van der Waals surface area (Å²) in [6.45, 7) is 8.62. The number of likely N-dealkylation sites (N-methyl/N-ethyl adjacent to an activating group) is 1. The van der Waals surface area contributed by atoms with Crippen molar-refractivity contribution in [1.29, 1.82) is 0 Å². The minimum atomic E-state index is -0.120. The van der Waals surface area contributed by atoms with Crippen LogP contribution < -0.4 is 5.32 Å². The molecule has 2 nitrogen and oxygen atoms in total. The Labute approximate surface area is 88.1 Å². The summed E-state index contributed by atoms with van der Waals surface area (Å²) in [5.74, 6) is 2.95. The Kier molecular flexibility index (Phi) is 3.24. The van der Waals surface area contributed by atoms with Crippen molar-refractivity contribution in [2.24, 2.45) is 0 Å². The molecule has 0 amide bonds. The number of rotatable bonds is 1. The molecule has 1 fully saturated rings. The second kappa shape index (κ2) is 3.92. The van der Waals surface area contributed by atoms with Crippen LogP contribution in [0.3, 0.4) is 0 Å². The van der Waals surface area contributed by atoms with E-state index in [2.05, 4.69) is 44.0 Å². The average molecular weight is 194 g/mol. The van der Waals surface area contributed by atoms with Gasteiger partial charge in [-0.3, -0.25) is 5.32 Å². The second-order valence-corrected chi connectivity index (χ2v) is 5.44. The minimum Gasteiger partial charge on any atom is -0.304 e. The van der Waals surface area contributed by atoms with Crippen LogP contribution in [-0.4, -0.2) is 36.1 Å². The van der Waals surface area contributed by atoms with E-state index in [1.165, 1.54) is 6.42 Å². The summed E-state index contributed by atoms with van der Waals surface area (Å²) in [4.78, 5) is 2.31. The molecule has 1 N–H and O–H groups in total. The van der Waals surface area contributed by atoms with E-state index in [1.54, 1.807) is 0 Å². The standard InChI is InChI=1S/C12H22N2/c1-6-12(13-11(2,3)4)8-7-9-14(5)10-12/h1,13H,7-10H2,2-5H3. The first kappa shape index (κ1) is 11.6. The van der Waals surface area contributed by atoms with E-state index in [1.807, 2.05) is 0 Å². The van der Waals surface area contributed by atoms with Gasteiger partial charge in [0.1, 0.15) is 0 Å². The van der Waals surface area contributed by atoms with Crippen molar-refractivity contribution in [2.75, 3.05) is 20.1 Å². The van der Waals surface area contributed by atoms with Crippen molar-refractivity contribution in [1.82, 2.24) is 10.2 Å². The Morgan fingerprint density at radius 1 is 1.43 bits per heavy atom. The predicted octanol–water partition coefficient (Wildman–Crippen LogP) is 1.47. The van der Waals surface area contributed by atoms with Crippen LogP contribution in [0.4, 0.5) is 0 Å². The molecule has 1 atom stereocenters. The van der Waals surface area contributed by atoms with E-state index in [0.717, 1.165) is 19.5 Å². The van der Waals surface area contributed by atoms with Gasteiger partial charge in [-0.2, -0.15) is 0 Å². The molecule has 1 aliphatic heterocycles. The van der Waals surface area contributed by atoms with Gasteiger partial charge >= 0.3 is 0 Å². The molecule has 2 heteroatoms. The Hall–Kier alpha value is -0.520. The van der Waals surface area contributed by atoms with Crippen molar-refractivity contribution >= 4 is 0 Å². The monoisotopic (exact) mass is 194 g/mol. The van der Waals surface area contributed by atoms with E-state index < -0.39 is 0 Å². The van der Waals surface area contributed by atoms with Gasteiger partial charge in [0.2, 0.25) is 0 Å². The van der Waals surface area contributed by atoms with Gasteiger partial charge in [-0.1, -0.05) is 5.92 Å². The van der Waals surface area contributed by atoms with Crippen LogP contribution >= 0.6 is 0 Å². The number of nitrogens with one attached hydrogen (secondary N) is 1. The number of terminal acetylenes is 1. The molecule has 1 saturated heterocycles. The highest BCUT2D eigenvalue weighted by molar-refractivity contribution is 5.17. The van der Waals surface area contributed by atoms with E-state index >= 15 is 0 Å². The molecule has 0 bridgehead atoms. The second-order valence-electron chi connectivity index (χ2n) is 5.44. The number of hydrogen-bond donors (Lipinski definition) is 1. The third-order valence-electron chi connectivity index (χ3n) is 2.57. The lowest BCUT2D eigenvalue weighted by Crippen LogP contribution is -2.60. The van der Waals surface area contributed by atoms with Crippen LogP contribution in [0.2, 0.25) is 0 Å². The highest BCUT2D eigenvalue weighted by atomic mass is 15.2. The van der Waals surface area contributed by atoms with Crippen molar-refractivity contribution < 1.29 is 0 Å². The highest BCUT2D eigenvalue weighted by Crippen LogP contribution is 2.22. The van der Waals surface area contributed by atoms with E-state index in [4.69, 9.17) is 6.42 Å². The number of piperidine rings is 1. The van der Waals surface area contributed by atoms with Crippen LogP contribution in [0, 0.1) is 12.3 Å². The molecule has 1 unspecified atom stereocenters. The minimum absolute atomic E-state index is 0.0878. The van der Waals surface area contributed by atoms with E-state index in [9.17, 15) is 0 Å². The molecule has 80 valence electrons. The molecular weight excluding hydrogens is 172 g/mol. The number of likely N-dealkylation sites (tertiary alicyclic amines) is 1. The van der Waals surface area contributed by atoms with Crippen LogP contribution in [0.1, 0.15) is 33.6 Å². The molecule has 1 aliphatic rings. The van der Waals surface area contributed by atoms with Gasteiger partial charge in [-0.05, 0) is 47.2 Å². The van der Waals surface area contributed by atoms with Crippen molar-refractivity contribution in [3.8, 4) is 12.3 Å². The number of nitrogens with zero attached hydrogens (tertiary/aromatic N) is 1. The topological polar surface area (TPSA) is 15.3 Å². The van der Waals surface area contributed by atoms with Gasteiger partial charge < -0.3 is 4.90 Å². The summed E-state index contributed by atoms with van der Waals surface area (Å²) in [6, 6.07) is 0. The smallest absolute Gasteiger partial charge is 0.0930 e. The van der Waals surface area contributed by atoms with Crippen molar-refractivity contribution in [3.05, 3.63) is 0 Å². The maximum Gasteiger partial charge on any atom is 0.0930 e. The van der Waals surface area contributed by atoms with Gasteiger partial charge in [0.15, 0.2) is 0 Å². The van der Waals surface area contributed by atoms with Crippen molar-refractivity contribution in [3.63, 3.8) is 0 Å². The van der Waals surface area contributed by atoms with Crippen LogP contribution in [0.25, 0.3) is 0 Å². The Balaban J connectivity index is 2.72. The molecule has 0 aromatic heterocycles. The fourth-order valence-electron chi connectivity index (χ4n) is 2.24. The largest absolute Gasteiger partial charge is 0.304 e. The van der Waals surface area contributed by atoms with Crippen LogP contribution in [0.5, 0.6) is 0 Å². The summed E-state index contributed by atoms with van der Waals surface area (Å²) in [5.41, 5.74) is -0.0319. The Morgan fingerprint density at radius 2 is 2.07 bits per heavy atom. The predicted molar refractivity (Wildman–Crippen MR) is 61.2 cm³/mol. The fraction of sp³-hybridized carbons (Fsp3) is 0.833. The normalized spacial score (nSPS) is 29.9. The SMILES string of the molecule is C#CC1(NC(C)(C)C)CCCN(C)C1. The third-order valence-corrected chi connectivity index (χ3v) is 2.57. The molecule has 14 heavy (non-hydrogen) atoms. The Morgan fingerprint density at radius 3 is 2.50 bits per heavy atom. The van der Waals surface area contributed by atoms with Gasteiger partial charge in [-0.15, -0.1) is 6.42 Å². The third kappa shape index (κ3) is 3.01. The first-order chi connectivity index (χ1) is 6.37. The first-order valence-electron chi connectivity index (χ1n) is 5.33. The van der Waals surface area contributed by atoms with Crippen molar-refractivity contribution in [2.45, 2.75) is 44.7 Å². The van der Waals surface area contributed by atoms with Crippen LogP contribution in [-0.2, 0) is 0 Å². The molecule has 0 radical (unpaired) electrons. The molecule has 0 saturated carbocycles. The molecule has 0 spiro atoms. The fourth-order valence-corrected chi connectivity index (χ4v) is 2.24. The highest BCUT2D eigenvalue weighted by Gasteiger charge is 2.35. The molecule has 0 aromatic carbocycles. The zero-order valence-corrected chi connectivity index (χ0v) is 9.85. The quantitative estimate of drug-likeness (QED) is 0.636. The Bertz CT molecular complexity index is 234. The van der Waals surface area contributed by atoms with Gasteiger partial charge in [0.05, 0.1) is 5.54 Å². The van der Waals surface area contributed by atoms with Gasteiger partial charge in [-0.25, -0.2) is 0 Å². The lowest BCUT2D eigenvalue weighted by molar-refractivity contribution is 0.159.